The first-order valence-corrected chi connectivity index (χ1v) is 14.7. The number of ketones is 1. The van der Waals surface area contributed by atoms with Crippen molar-refractivity contribution in [1.29, 1.82) is 0 Å². The van der Waals surface area contributed by atoms with E-state index in [0.717, 1.165) is 36.7 Å². The summed E-state index contributed by atoms with van der Waals surface area (Å²) in [5, 5.41) is 6.36. The molecule has 0 spiro atoms. The lowest BCUT2D eigenvalue weighted by Gasteiger charge is -2.28. The predicted molar refractivity (Wildman–Crippen MR) is 150 cm³/mol. The van der Waals surface area contributed by atoms with Crippen molar-refractivity contribution in [3.8, 4) is 0 Å². The minimum absolute atomic E-state index is 0. The Morgan fingerprint density at radius 2 is 1.30 bits per heavy atom. The quantitative estimate of drug-likeness (QED) is 0.204. The topological polar surface area (TPSA) is 121 Å². The SMILES string of the molecule is CC.CCSC1CCC(NC(=O)OCCOCCOCCOCCOCCNC(=O)CCC(C)=O)CC1.[HH].[HH]. The molecule has 37 heavy (non-hydrogen) atoms. The second kappa shape index (κ2) is 26.2. The summed E-state index contributed by atoms with van der Waals surface area (Å²) in [7, 11) is 0. The Labute approximate surface area is 230 Å². The van der Waals surface area contributed by atoms with Crippen molar-refractivity contribution in [3.05, 3.63) is 0 Å². The number of carbonyl (C=O) groups is 3. The Morgan fingerprint density at radius 3 is 1.81 bits per heavy atom. The summed E-state index contributed by atoms with van der Waals surface area (Å²) in [4.78, 5) is 34.1. The highest BCUT2D eigenvalue weighted by Gasteiger charge is 2.22. The van der Waals surface area contributed by atoms with E-state index in [1.54, 1.807) is 0 Å². The summed E-state index contributed by atoms with van der Waals surface area (Å²) in [5.41, 5.74) is 0. The zero-order valence-electron chi connectivity index (χ0n) is 23.3. The minimum atomic E-state index is -0.369. The maximum atomic E-state index is 11.9. The number of carbonyl (C=O) groups excluding carboxylic acids is 3. The van der Waals surface area contributed by atoms with Crippen LogP contribution in [-0.4, -0.2) is 101 Å². The average molecular weight is 555 g/mol. The third kappa shape index (κ3) is 23.4. The highest BCUT2D eigenvalue weighted by Crippen LogP contribution is 2.28. The van der Waals surface area contributed by atoms with E-state index in [1.807, 2.05) is 25.6 Å². The van der Waals surface area contributed by atoms with Crippen LogP contribution < -0.4 is 10.6 Å². The van der Waals surface area contributed by atoms with Crippen molar-refractivity contribution in [2.45, 2.75) is 77.5 Å². The lowest BCUT2D eigenvalue weighted by Crippen LogP contribution is -2.38. The van der Waals surface area contributed by atoms with Gasteiger partial charge in [0.05, 0.1) is 52.9 Å². The predicted octanol–water partition coefficient (Wildman–Crippen LogP) is 3.85. The van der Waals surface area contributed by atoms with Gasteiger partial charge in [-0.2, -0.15) is 11.8 Å². The van der Waals surface area contributed by atoms with Crippen LogP contribution in [0, 0.1) is 0 Å². The number of amides is 2. The number of Topliss-reactive ketones (excluding diaryl/α,β-unsaturated/α-hetero) is 1. The van der Waals surface area contributed by atoms with Crippen LogP contribution in [0.25, 0.3) is 0 Å². The van der Waals surface area contributed by atoms with E-state index >= 15 is 0 Å². The molecule has 1 aliphatic rings. The van der Waals surface area contributed by atoms with Gasteiger partial charge in [-0.05, 0) is 38.4 Å². The molecule has 0 radical (unpaired) electrons. The zero-order valence-corrected chi connectivity index (χ0v) is 24.2. The highest BCUT2D eigenvalue weighted by atomic mass is 32.2. The summed E-state index contributed by atoms with van der Waals surface area (Å²) in [6.45, 7) is 11.7. The third-order valence-corrected chi connectivity index (χ3v) is 6.52. The Bertz CT molecular complexity index is 586. The fraction of sp³-hybridized carbons (Fsp3) is 0.885. The normalized spacial score (nSPS) is 16.9. The first-order chi connectivity index (χ1) is 18.0. The van der Waals surface area contributed by atoms with Crippen LogP contribution in [0.15, 0.2) is 0 Å². The Morgan fingerprint density at radius 1 is 0.784 bits per heavy atom. The molecule has 1 saturated carbocycles. The molecule has 11 heteroatoms. The molecule has 10 nitrogen and oxygen atoms in total. The van der Waals surface area contributed by atoms with Crippen LogP contribution in [-0.2, 0) is 33.3 Å². The molecular formula is C26H54N2O8S. The molecule has 2 amide bonds. The van der Waals surface area contributed by atoms with Crippen molar-refractivity contribution in [2.24, 2.45) is 0 Å². The molecule has 0 aliphatic heterocycles. The molecule has 1 aliphatic carbocycles. The van der Waals surface area contributed by atoms with Gasteiger partial charge in [0.2, 0.25) is 5.91 Å². The molecule has 0 unspecified atom stereocenters. The van der Waals surface area contributed by atoms with Gasteiger partial charge >= 0.3 is 6.09 Å². The molecule has 2 N–H and O–H groups in total. The van der Waals surface area contributed by atoms with Gasteiger partial charge in [-0.3, -0.25) is 4.79 Å². The third-order valence-electron chi connectivity index (χ3n) is 5.25. The first kappa shape index (κ1) is 35.6. The molecule has 0 saturated heterocycles. The summed E-state index contributed by atoms with van der Waals surface area (Å²) >= 11 is 2.01. The van der Waals surface area contributed by atoms with E-state index in [4.69, 9.17) is 23.7 Å². The molecule has 1 rings (SSSR count). The molecular weight excluding hydrogens is 500 g/mol. The van der Waals surface area contributed by atoms with Crippen LogP contribution in [0.5, 0.6) is 0 Å². The van der Waals surface area contributed by atoms with E-state index in [1.165, 1.54) is 6.92 Å². The molecule has 0 heterocycles. The number of thioether (sulfide) groups is 1. The van der Waals surface area contributed by atoms with Crippen molar-refractivity contribution in [3.63, 3.8) is 0 Å². The van der Waals surface area contributed by atoms with Crippen molar-refractivity contribution < 1.29 is 40.9 Å². The molecule has 0 aromatic heterocycles. The summed E-state index contributed by atoms with van der Waals surface area (Å²) in [6.07, 6.45) is 4.44. The summed E-state index contributed by atoms with van der Waals surface area (Å²) < 4.78 is 26.7. The van der Waals surface area contributed by atoms with Gasteiger partial charge in [-0.25, -0.2) is 4.79 Å². The lowest BCUT2D eigenvalue weighted by molar-refractivity contribution is -0.124. The van der Waals surface area contributed by atoms with Gasteiger partial charge in [-0.1, -0.05) is 20.8 Å². The van der Waals surface area contributed by atoms with Crippen LogP contribution in [0.1, 0.15) is 69.1 Å². The van der Waals surface area contributed by atoms with Crippen LogP contribution in [0.3, 0.4) is 0 Å². The summed E-state index contributed by atoms with van der Waals surface area (Å²) in [6, 6.07) is 0.219. The summed E-state index contributed by atoms with van der Waals surface area (Å²) in [5.74, 6) is 1.01. The largest absolute Gasteiger partial charge is 0.447 e. The van der Waals surface area contributed by atoms with Gasteiger partial charge in [-0.15, -0.1) is 0 Å². The Kier molecular flexibility index (Phi) is 25.2. The fourth-order valence-electron chi connectivity index (χ4n) is 3.41. The van der Waals surface area contributed by atoms with E-state index in [0.29, 0.717) is 59.4 Å². The molecule has 0 aromatic carbocycles. The second-order valence-corrected chi connectivity index (χ2v) is 9.79. The van der Waals surface area contributed by atoms with E-state index in [2.05, 4.69) is 17.6 Å². The van der Waals surface area contributed by atoms with E-state index in [9.17, 15) is 14.4 Å². The molecule has 222 valence electrons. The fourth-order valence-corrected chi connectivity index (χ4v) is 4.49. The zero-order chi connectivity index (χ0) is 27.6. The molecule has 1 fully saturated rings. The van der Waals surface area contributed by atoms with Gasteiger partial charge in [0, 0.05) is 33.5 Å². The van der Waals surface area contributed by atoms with Crippen LogP contribution >= 0.6 is 11.8 Å². The van der Waals surface area contributed by atoms with Gasteiger partial charge in [0.1, 0.15) is 12.4 Å². The van der Waals surface area contributed by atoms with E-state index < -0.39 is 0 Å². The van der Waals surface area contributed by atoms with E-state index in [-0.39, 0.29) is 46.1 Å². The Hall–Kier alpha value is -1.40. The molecule has 0 bridgehead atoms. The number of ether oxygens (including phenoxy) is 5. The maximum absolute atomic E-state index is 11.9. The molecule has 0 aromatic rings. The number of hydrogen-bond acceptors (Lipinski definition) is 9. The number of nitrogens with one attached hydrogen (secondary N) is 2. The van der Waals surface area contributed by atoms with Crippen molar-refractivity contribution in [1.82, 2.24) is 10.6 Å². The monoisotopic (exact) mass is 554 g/mol. The maximum Gasteiger partial charge on any atom is 0.407 e. The lowest BCUT2D eigenvalue weighted by atomic mass is 9.95. The average Bonchev–Trinajstić information content (AvgIpc) is 2.89. The smallest absolute Gasteiger partial charge is 0.407 e. The van der Waals surface area contributed by atoms with Crippen LogP contribution in [0.4, 0.5) is 4.79 Å². The van der Waals surface area contributed by atoms with Gasteiger partial charge in [0.25, 0.3) is 0 Å². The van der Waals surface area contributed by atoms with Gasteiger partial charge < -0.3 is 39.1 Å². The second-order valence-electron chi connectivity index (χ2n) is 8.21. The molecule has 0 atom stereocenters. The Balaban J connectivity index is -0.00000316. The first-order valence-electron chi connectivity index (χ1n) is 13.6. The van der Waals surface area contributed by atoms with Crippen LogP contribution in [0.2, 0.25) is 0 Å². The number of rotatable bonds is 21. The van der Waals surface area contributed by atoms with Crippen molar-refractivity contribution >= 4 is 29.5 Å². The number of alkyl carbamates (subject to hydrolysis) is 1. The van der Waals surface area contributed by atoms with Crippen molar-refractivity contribution in [2.75, 3.05) is 71.8 Å². The number of hydrogen-bond donors (Lipinski definition) is 2. The van der Waals surface area contributed by atoms with Gasteiger partial charge in [0.15, 0.2) is 0 Å². The highest BCUT2D eigenvalue weighted by molar-refractivity contribution is 7.99. The standard InChI is InChI=1S/C24H44N2O8S.C2H6.2H2/c1-3-35-22-7-5-21(6-8-22)26-24(29)34-19-18-33-17-16-32-15-14-31-13-12-30-11-10-25-23(28)9-4-20(2)27;1-2;;/h21-22H,3-19H2,1-2H3,(H,25,28)(H,26,29);1-2H3;2*1H. The minimum Gasteiger partial charge on any atom is -0.447 e.